The summed E-state index contributed by atoms with van der Waals surface area (Å²) in [6, 6.07) is 4.58. The van der Waals surface area contributed by atoms with Gasteiger partial charge < -0.3 is 10.6 Å². The molecule has 2 rings (SSSR count). The lowest BCUT2D eigenvalue weighted by molar-refractivity contribution is -0.117. The van der Waals surface area contributed by atoms with Crippen molar-refractivity contribution in [2.24, 2.45) is 5.92 Å². The van der Waals surface area contributed by atoms with E-state index in [2.05, 4.69) is 26.6 Å². The van der Waals surface area contributed by atoms with E-state index in [0.717, 1.165) is 13.1 Å². The SMILES string of the molecule is O=C(CC1CNC1)Nc1ccc(Br)cc1F. The number of hydrogen-bond donors (Lipinski definition) is 2. The fourth-order valence-electron chi connectivity index (χ4n) is 1.55. The van der Waals surface area contributed by atoms with Gasteiger partial charge in [0.1, 0.15) is 5.82 Å². The molecule has 0 saturated carbocycles. The molecular weight excluding hydrogens is 275 g/mol. The van der Waals surface area contributed by atoms with Crippen molar-refractivity contribution in [2.45, 2.75) is 6.42 Å². The number of benzene rings is 1. The zero-order chi connectivity index (χ0) is 11.5. The van der Waals surface area contributed by atoms with E-state index in [1.165, 1.54) is 6.07 Å². The van der Waals surface area contributed by atoms with Crippen molar-refractivity contribution in [3.05, 3.63) is 28.5 Å². The van der Waals surface area contributed by atoms with Crippen molar-refractivity contribution in [3.8, 4) is 0 Å². The van der Waals surface area contributed by atoms with E-state index in [4.69, 9.17) is 0 Å². The Bertz CT molecular complexity index is 407. The molecule has 0 aliphatic carbocycles. The number of rotatable bonds is 3. The minimum absolute atomic E-state index is 0.132. The summed E-state index contributed by atoms with van der Waals surface area (Å²) in [5.41, 5.74) is 0.237. The highest BCUT2D eigenvalue weighted by molar-refractivity contribution is 9.10. The van der Waals surface area contributed by atoms with Gasteiger partial charge in [-0.25, -0.2) is 4.39 Å². The molecule has 1 amide bonds. The molecule has 0 bridgehead atoms. The van der Waals surface area contributed by atoms with E-state index >= 15 is 0 Å². The summed E-state index contributed by atoms with van der Waals surface area (Å²) in [6.07, 6.45) is 0.447. The van der Waals surface area contributed by atoms with E-state index in [0.29, 0.717) is 16.8 Å². The molecule has 1 aliphatic heterocycles. The lowest BCUT2D eigenvalue weighted by Crippen LogP contribution is -2.43. The monoisotopic (exact) mass is 286 g/mol. The summed E-state index contributed by atoms with van der Waals surface area (Å²) in [7, 11) is 0. The third-order valence-corrected chi connectivity index (χ3v) is 3.04. The number of halogens is 2. The minimum atomic E-state index is -0.422. The van der Waals surface area contributed by atoms with Crippen molar-refractivity contribution >= 4 is 27.5 Å². The van der Waals surface area contributed by atoms with Gasteiger partial charge in [0, 0.05) is 10.9 Å². The van der Waals surface area contributed by atoms with Gasteiger partial charge in [-0.2, -0.15) is 0 Å². The van der Waals surface area contributed by atoms with E-state index in [1.807, 2.05) is 0 Å². The van der Waals surface area contributed by atoms with E-state index < -0.39 is 5.82 Å². The highest BCUT2D eigenvalue weighted by Gasteiger charge is 2.20. The molecule has 86 valence electrons. The zero-order valence-corrected chi connectivity index (χ0v) is 10.2. The molecule has 0 unspecified atom stereocenters. The van der Waals surface area contributed by atoms with Crippen LogP contribution in [0.15, 0.2) is 22.7 Å². The first-order valence-electron chi connectivity index (χ1n) is 5.11. The van der Waals surface area contributed by atoms with Gasteiger partial charge in [0.05, 0.1) is 5.69 Å². The fraction of sp³-hybridized carbons (Fsp3) is 0.364. The lowest BCUT2D eigenvalue weighted by atomic mass is 9.99. The molecular formula is C11H12BrFN2O. The molecule has 0 atom stereocenters. The summed E-state index contributed by atoms with van der Waals surface area (Å²) in [4.78, 5) is 11.5. The second kappa shape index (κ2) is 4.93. The van der Waals surface area contributed by atoms with Crippen LogP contribution in [0, 0.1) is 11.7 Å². The van der Waals surface area contributed by atoms with Crippen molar-refractivity contribution in [1.29, 1.82) is 0 Å². The molecule has 16 heavy (non-hydrogen) atoms. The summed E-state index contributed by atoms with van der Waals surface area (Å²) in [5, 5.41) is 5.66. The molecule has 1 saturated heterocycles. The maximum atomic E-state index is 13.4. The van der Waals surface area contributed by atoms with Crippen LogP contribution < -0.4 is 10.6 Å². The lowest BCUT2D eigenvalue weighted by Gasteiger charge is -2.26. The van der Waals surface area contributed by atoms with Gasteiger partial charge in [-0.15, -0.1) is 0 Å². The van der Waals surface area contributed by atoms with Crippen LogP contribution in [-0.4, -0.2) is 19.0 Å². The van der Waals surface area contributed by atoms with Crippen LogP contribution in [0.1, 0.15) is 6.42 Å². The van der Waals surface area contributed by atoms with Crippen LogP contribution in [0.25, 0.3) is 0 Å². The number of carbonyl (C=O) groups excluding carboxylic acids is 1. The van der Waals surface area contributed by atoms with Crippen LogP contribution >= 0.6 is 15.9 Å². The highest BCUT2D eigenvalue weighted by Crippen LogP contribution is 2.20. The van der Waals surface area contributed by atoms with Gasteiger partial charge in [-0.05, 0) is 37.2 Å². The standard InChI is InChI=1S/C11H12BrFN2O/c12-8-1-2-10(9(13)4-8)15-11(16)3-7-5-14-6-7/h1-2,4,7,14H,3,5-6H2,(H,15,16). The molecule has 0 spiro atoms. The number of hydrogen-bond acceptors (Lipinski definition) is 2. The van der Waals surface area contributed by atoms with Gasteiger partial charge in [0.15, 0.2) is 0 Å². The van der Waals surface area contributed by atoms with E-state index in [1.54, 1.807) is 12.1 Å². The first-order chi connectivity index (χ1) is 7.65. The van der Waals surface area contributed by atoms with Crippen molar-refractivity contribution in [3.63, 3.8) is 0 Å². The molecule has 2 N–H and O–H groups in total. The average Bonchev–Trinajstić information content (AvgIpc) is 2.16. The number of anilines is 1. The molecule has 0 radical (unpaired) electrons. The zero-order valence-electron chi connectivity index (χ0n) is 8.59. The summed E-state index contributed by atoms with van der Waals surface area (Å²) in [6.45, 7) is 1.74. The summed E-state index contributed by atoms with van der Waals surface area (Å²) < 4.78 is 14.0. The fourth-order valence-corrected chi connectivity index (χ4v) is 1.88. The molecule has 5 heteroatoms. The van der Waals surface area contributed by atoms with Crippen LogP contribution in [-0.2, 0) is 4.79 Å². The Kier molecular flexibility index (Phi) is 3.56. The van der Waals surface area contributed by atoms with Gasteiger partial charge in [0.25, 0.3) is 0 Å². The van der Waals surface area contributed by atoms with Gasteiger partial charge in [-0.3, -0.25) is 4.79 Å². The number of amides is 1. The average molecular weight is 287 g/mol. The Morgan fingerprint density at radius 1 is 1.56 bits per heavy atom. The Hall–Kier alpha value is -0.940. The quantitative estimate of drug-likeness (QED) is 0.894. The molecule has 1 aromatic carbocycles. The Labute approximate surface area is 102 Å². The third kappa shape index (κ3) is 2.80. The van der Waals surface area contributed by atoms with E-state index in [9.17, 15) is 9.18 Å². The predicted octanol–water partition coefficient (Wildman–Crippen LogP) is 2.14. The first-order valence-corrected chi connectivity index (χ1v) is 5.90. The van der Waals surface area contributed by atoms with Gasteiger partial charge in [0.2, 0.25) is 5.91 Å². The van der Waals surface area contributed by atoms with Gasteiger partial charge >= 0.3 is 0 Å². The molecule has 1 aliphatic rings. The van der Waals surface area contributed by atoms with Crippen molar-refractivity contribution < 1.29 is 9.18 Å². The van der Waals surface area contributed by atoms with E-state index in [-0.39, 0.29) is 11.6 Å². The Morgan fingerprint density at radius 2 is 2.31 bits per heavy atom. The maximum Gasteiger partial charge on any atom is 0.224 e. The molecule has 3 nitrogen and oxygen atoms in total. The largest absolute Gasteiger partial charge is 0.324 e. The van der Waals surface area contributed by atoms with Crippen LogP contribution in [0.3, 0.4) is 0 Å². The summed E-state index contributed by atoms with van der Waals surface area (Å²) >= 11 is 3.16. The molecule has 0 aromatic heterocycles. The maximum absolute atomic E-state index is 13.4. The van der Waals surface area contributed by atoms with Crippen molar-refractivity contribution in [2.75, 3.05) is 18.4 Å². The number of carbonyl (C=O) groups is 1. The minimum Gasteiger partial charge on any atom is -0.324 e. The normalized spacial score (nSPS) is 15.6. The first kappa shape index (κ1) is 11.5. The van der Waals surface area contributed by atoms with Gasteiger partial charge in [-0.1, -0.05) is 15.9 Å². The smallest absolute Gasteiger partial charge is 0.224 e. The molecule has 1 aromatic rings. The predicted molar refractivity (Wildman–Crippen MR) is 63.7 cm³/mol. The molecule has 1 heterocycles. The van der Waals surface area contributed by atoms with Crippen LogP contribution in [0.4, 0.5) is 10.1 Å². The third-order valence-electron chi connectivity index (χ3n) is 2.55. The van der Waals surface area contributed by atoms with Crippen molar-refractivity contribution in [1.82, 2.24) is 5.32 Å². The second-order valence-corrected chi connectivity index (χ2v) is 4.82. The summed E-state index contributed by atoms with van der Waals surface area (Å²) in [5.74, 6) is -0.166. The molecule has 1 fully saturated rings. The Balaban J connectivity index is 1.94. The Morgan fingerprint density at radius 3 is 2.88 bits per heavy atom. The topological polar surface area (TPSA) is 41.1 Å². The van der Waals surface area contributed by atoms with Crippen LogP contribution in [0.2, 0.25) is 0 Å². The van der Waals surface area contributed by atoms with Crippen LogP contribution in [0.5, 0.6) is 0 Å². The number of nitrogens with one attached hydrogen (secondary N) is 2. The second-order valence-electron chi connectivity index (χ2n) is 3.90. The highest BCUT2D eigenvalue weighted by atomic mass is 79.9.